The van der Waals surface area contributed by atoms with Gasteiger partial charge in [0, 0.05) is 37.8 Å². The van der Waals surface area contributed by atoms with Gasteiger partial charge in [-0.15, -0.1) is 0 Å². The van der Waals surface area contributed by atoms with E-state index in [-0.39, 0.29) is 28.2 Å². The summed E-state index contributed by atoms with van der Waals surface area (Å²) in [7, 11) is -4.60. The van der Waals surface area contributed by atoms with Crippen LogP contribution >= 0.6 is 0 Å². The molecule has 4 aromatic rings. The number of rotatable bonds is 11. The van der Waals surface area contributed by atoms with Gasteiger partial charge in [-0.2, -0.15) is 0 Å². The lowest BCUT2D eigenvalue weighted by atomic mass is 10.1. The number of amides is 2. The third kappa shape index (κ3) is 7.22. The van der Waals surface area contributed by atoms with Crippen molar-refractivity contribution in [1.82, 2.24) is 10.6 Å². The van der Waals surface area contributed by atoms with Gasteiger partial charge in [-0.1, -0.05) is 36.4 Å². The van der Waals surface area contributed by atoms with Crippen molar-refractivity contribution in [2.45, 2.75) is 22.8 Å². The zero-order valence-corrected chi connectivity index (χ0v) is 25.5. The Labute approximate surface area is 252 Å². The molecule has 43 heavy (non-hydrogen) atoms. The molecule has 4 rings (SSSR count). The molecule has 0 fully saturated rings. The molecule has 0 aliphatic rings. The van der Waals surface area contributed by atoms with Crippen LogP contribution < -0.4 is 19.2 Å². The summed E-state index contributed by atoms with van der Waals surface area (Å²) in [5.41, 5.74) is 1.46. The molecule has 0 saturated heterocycles. The standard InChI is InChI=1S/C31H32N4O6S2/c1-23(33-31(37)25-16-20-27(21-17-25)35(3)43(40,41)29-12-8-5-9-13-29)22-32-30(36)24-14-18-26(19-15-24)34(2)42(38,39)28-10-6-4-7-11-28/h4-21,23H,22H2,1-3H3,(H,32,36)(H,33,37)/t23-/m1/s1. The van der Waals surface area contributed by atoms with Gasteiger partial charge < -0.3 is 10.6 Å². The Balaban J connectivity index is 1.30. The molecule has 2 amide bonds. The topological polar surface area (TPSA) is 133 Å². The second kappa shape index (κ2) is 13.1. The SMILES string of the molecule is C[C@H](CNC(=O)c1ccc(N(C)S(=O)(=O)c2ccccc2)cc1)NC(=O)c1ccc(N(C)S(=O)(=O)c2ccccc2)cc1. The molecule has 1 atom stereocenters. The Bertz CT molecular complexity index is 1780. The number of benzene rings is 4. The van der Waals surface area contributed by atoms with Gasteiger partial charge in [0.05, 0.1) is 21.2 Å². The molecule has 0 spiro atoms. The summed E-state index contributed by atoms with van der Waals surface area (Å²) in [6, 6.07) is 28.0. The predicted molar refractivity (Wildman–Crippen MR) is 166 cm³/mol. The largest absolute Gasteiger partial charge is 0.350 e. The summed E-state index contributed by atoms with van der Waals surface area (Å²) < 4.78 is 53.7. The maximum atomic E-state index is 12.9. The maximum absolute atomic E-state index is 12.9. The van der Waals surface area contributed by atoms with Crippen molar-refractivity contribution in [2.24, 2.45) is 0 Å². The summed E-state index contributed by atoms with van der Waals surface area (Å²) in [5.74, 6) is -0.762. The number of hydrogen-bond donors (Lipinski definition) is 2. The van der Waals surface area contributed by atoms with Crippen molar-refractivity contribution in [3.8, 4) is 0 Å². The molecule has 2 N–H and O–H groups in total. The van der Waals surface area contributed by atoms with Gasteiger partial charge >= 0.3 is 0 Å². The first-order valence-corrected chi connectivity index (χ1v) is 16.2. The molecule has 0 aliphatic carbocycles. The van der Waals surface area contributed by atoms with Gasteiger partial charge in [0.1, 0.15) is 0 Å². The summed E-state index contributed by atoms with van der Waals surface area (Å²) >= 11 is 0. The lowest BCUT2D eigenvalue weighted by molar-refractivity contribution is 0.0912. The fourth-order valence-corrected chi connectivity index (χ4v) is 6.56. The minimum absolute atomic E-state index is 0.144. The summed E-state index contributed by atoms with van der Waals surface area (Å²) in [6.45, 7) is 1.88. The fourth-order valence-electron chi connectivity index (χ4n) is 4.13. The van der Waals surface area contributed by atoms with Crippen molar-refractivity contribution >= 4 is 43.2 Å². The Morgan fingerprint density at radius 1 is 0.605 bits per heavy atom. The molecule has 4 aromatic carbocycles. The van der Waals surface area contributed by atoms with Gasteiger partial charge in [0.25, 0.3) is 31.9 Å². The monoisotopic (exact) mass is 620 g/mol. The molecule has 0 aliphatic heterocycles. The quantitative estimate of drug-likeness (QED) is 0.262. The van der Waals surface area contributed by atoms with E-state index >= 15 is 0 Å². The van der Waals surface area contributed by atoms with E-state index in [1.807, 2.05) is 0 Å². The van der Waals surface area contributed by atoms with Crippen LogP contribution in [-0.4, -0.2) is 55.3 Å². The van der Waals surface area contributed by atoms with Crippen molar-refractivity contribution in [1.29, 1.82) is 0 Å². The average molecular weight is 621 g/mol. The first-order valence-electron chi connectivity index (χ1n) is 13.3. The summed E-state index contributed by atoms with van der Waals surface area (Å²) in [4.78, 5) is 25.7. The zero-order chi connectivity index (χ0) is 31.2. The van der Waals surface area contributed by atoms with E-state index in [0.29, 0.717) is 22.5 Å². The maximum Gasteiger partial charge on any atom is 0.264 e. The number of carbonyl (C=O) groups is 2. The summed E-state index contributed by atoms with van der Waals surface area (Å²) in [6.07, 6.45) is 0. The zero-order valence-electron chi connectivity index (χ0n) is 23.8. The smallest absolute Gasteiger partial charge is 0.264 e. The number of nitrogens with one attached hydrogen (secondary N) is 2. The molecule has 0 radical (unpaired) electrons. The van der Waals surface area contributed by atoms with E-state index in [9.17, 15) is 26.4 Å². The number of anilines is 2. The highest BCUT2D eigenvalue weighted by Crippen LogP contribution is 2.23. The molecule has 0 heterocycles. The Morgan fingerprint density at radius 3 is 1.37 bits per heavy atom. The van der Waals surface area contributed by atoms with Gasteiger partial charge in [-0.05, 0) is 79.7 Å². The number of hydrogen-bond acceptors (Lipinski definition) is 6. The van der Waals surface area contributed by atoms with E-state index < -0.39 is 26.1 Å². The Morgan fingerprint density at radius 2 is 0.977 bits per heavy atom. The number of nitrogens with zero attached hydrogens (tertiary/aromatic N) is 2. The highest BCUT2D eigenvalue weighted by Gasteiger charge is 2.22. The van der Waals surface area contributed by atoms with E-state index in [1.54, 1.807) is 67.6 Å². The van der Waals surface area contributed by atoms with Crippen molar-refractivity contribution in [3.05, 3.63) is 120 Å². The van der Waals surface area contributed by atoms with Crippen LogP contribution in [-0.2, 0) is 20.0 Å². The lowest BCUT2D eigenvalue weighted by Crippen LogP contribution is -2.41. The van der Waals surface area contributed by atoms with Crippen LogP contribution in [0.15, 0.2) is 119 Å². The van der Waals surface area contributed by atoms with E-state index in [4.69, 9.17) is 0 Å². The molecule has 12 heteroatoms. The Kier molecular flexibility index (Phi) is 9.52. The van der Waals surface area contributed by atoms with Gasteiger partial charge in [-0.3, -0.25) is 18.2 Å². The molecule has 224 valence electrons. The van der Waals surface area contributed by atoms with Crippen molar-refractivity contribution < 1.29 is 26.4 Å². The minimum Gasteiger partial charge on any atom is -0.350 e. The molecule has 0 unspecified atom stereocenters. The van der Waals surface area contributed by atoms with Crippen molar-refractivity contribution in [3.63, 3.8) is 0 Å². The third-order valence-corrected chi connectivity index (χ3v) is 10.3. The highest BCUT2D eigenvalue weighted by molar-refractivity contribution is 7.93. The van der Waals surface area contributed by atoms with Crippen LogP contribution in [0.4, 0.5) is 11.4 Å². The van der Waals surface area contributed by atoms with Crippen LogP contribution in [0, 0.1) is 0 Å². The first-order chi connectivity index (χ1) is 20.4. The van der Waals surface area contributed by atoms with Gasteiger partial charge in [0.15, 0.2) is 0 Å². The average Bonchev–Trinajstić information content (AvgIpc) is 3.03. The van der Waals surface area contributed by atoms with E-state index in [0.717, 1.165) is 8.61 Å². The second-order valence-electron chi connectivity index (χ2n) is 9.75. The fraction of sp³-hybridized carbons (Fsp3) is 0.161. The predicted octanol–water partition coefficient (Wildman–Crippen LogP) is 3.89. The highest BCUT2D eigenvalue weighted by atomic mass is 32.2. The van der Waals surface area contributed by atoms with Gasteiger partial charge in [-0.25, -0.2) is 16.8 Å². The number of carbonyl (C=O) groups excluding carboxylic acids is 2. The third-order valence-electron chi connectivity index (χ3n) is 6.74. The molecule has 0 aromatic heterocycles. The molecular formula is C31H32N4O6S2. The van der Waals surface area contributed by atoms with Crippen molar-refractivity contribution in [2.75, 3.05) is 29.3 Å². The van der Waals surface area contributed by atoms with E-state index in [2.05, 4.69) is 10.6 Å². The van der Waals surface area contributed by atoms with Crippen LogP contribution in [0.2, 0.25) is 0 Å². The first kappa shape index (κ1) is 31.3. The minimum atomic E-state index is -3.74. The van der Waals surface area contributed by atoms with Gasteiger partial charge in [0.2, 0.25) is 0 Å². The van der Waals surface area contributed by atoms with Crippen LogP contribution in [0.5, 0.6) is 0 Å². The lowest BCUT2D eigenvalue weighted by Gasteiger charge is -2.20. The molecule has 0 saturated carbocycles. The van der Waals surface area contributed by atoms with Crippen LogP contribution in [0.3, 0.4) is 0 Å². The second-order valence-corrected chi connectivity index (χ2v) is 13.7. The van der Waals surface area contributed by atoms with Crippen LogP contribution in [0.25, 0.3) is 0 Å². The van der Waals surface area contributed by atoms with Crippen LogP contribution in [0.1, 0.15) is 27.6 Å². The molecular weight excluding hydrogens is 588 g/mol. The normalized spacial score (nSPS) is 12.2. The molecule has 10 nitrogen and oxygen atoms in total. The Hall–Kier alpha value is -4.68. The summed E-state index contributed by atoms with van der Waals surface area (Å²) in [5, 5.41) is 5.56. The number of sulfonamides is 2. The molecule has 0 bridgehead atoms. The van der Waals surface area contributed by atoms with E-state index in [1.165, 1.54) is 62.6 Å².